The Labute approximate surface area is 113 Å². The molecule has 2 amide bonds. The number of rotatable bonds is 5. The Kier molecular flexibility index (Phi) is 5.58. The molecule has 0 atom stereocenters. The largest absolute Gasteiger partial charge is 0.392 e. The molecule has 18 heavy (non-hydrogen) atoms. The fourth-order valence-electron chi connectivity index (χ4n) is 1.55. The summed E-state index contributed by atoms with van der Waals surface area (Å²) in [5.41, 5.74) is 7.41. The van der Waals surface area contributed by atoms with Gasteiger partial charge < -0.3 is 16.0 Å². The van der Waals surface area contributed by atoms with Crippen LogP contribution in [0, 0.1) is 6.92 Å². The van der Waals surface area contributed by atoms with E-state index in [1.807, 2.05) is 38.1 Å². The number of urea groups is 1. The van der Waals surface area contributed by atoms with Gasteiger partial charge in [-0.1, -0.05) is 36.8 Å². The van der Waals surface area contributed by atoms with Crippen molar-refractivity contribution in [2.75, 3.05) is 18.4 Å². The fourth-order valence-corrected chi connectivity index (χ4v) is 1.71. The van der Waals surface area contributed by atoms with Gasteiger partial charge in [0.25, 0.3) is 0 Å². The number of nitrogens with two attached hydrogens (primary N) is 1. The third kappa shape index (κ3) is 4.71. The molecule has 0 fully saturated rings. The molecule has 1 aromatic carbocycles. The molecule has 5 heteroatoms. The summed E-state index contributed by atoms with van der Waals surface area (Å²) < 4.78 is 0. The Hall–Kier alpha value is -1.62. The highest BCUT2D eigenvalue weighted by atomic mass is 32.1. The smallest absolute Gasteiger partial charge is 0.322 e. The molecule has 4 nitrogen and oxygen atoms in total. The molecule has 3 N–H and O–H groups in total. The van der Waals surface area contributed by atoms with Crippen LogP contribution < -0.4 is 11.1 Å². The number of carbonyl (C=O) groups is 1. The van der Waals surface area contributed by atoms with Crippen LogP contribution in [0.5, 0.6) is 0 Å². The van der Waals surface area contributed by atoms with E-state index in [2.05, 4.69) is 5.32 Å². The predicted octanol–water partition coefficient (Wildman–Crippen LogP) is 2.53. The second-order valence-corrected chi connectivity index (χ2v) is 4.71. The Morgan fingerprint density at radius 1 is 1.39 bits per heavy atom. The lowest BCUT2D eigenvalue weighted by Crippen LogP contribution is -2.40. The molecule has 1 rings (SSSR count). The Balaban J connectivity index is 2.65. The highest BCUT2D eigenvalue weighted by molar-refractivity contribution is 7.80. The zero-order chi connectivity index (χ0) is 13.5. The third-order valence-corrected chi connectivity index (χ3v) is 2.56. The fraction of sp³-hybridized carbons (Fsp3) is 0.385. The zero-order valence-electron chi connectivity index (χ0n) is 10.8. The lowest BCUT2D eigenvalue weighted by Gasteiger charge is -2.21. The molecule has 0 unspecified atom stereocenters. The lowest BCUT2D eigenvalue weighted by molar-refractivity contribution is 0.219. The number of nitrogens with one attached hydrogen (secondary N) is 1. The minimum atomic E-state index is -0.173. The van der Waals surface area contributed by atoms with Crippen molar-refractivity contribution in [3.05, 3.63) is 29.8 Å². The van der Waals surface area contributed by atoms with Crippen LogP contribution in [0.15, 0.2) is 24.3 Å². The Morgan fingerprint density at radius 3 is 2.50 bits per heavy atom. The van der Waals surface area contributed by atoms with Crippen molar-refractivity contribution in [3.63, 3.8) is 0 Å². The van der Waals surface area contributed by atoms with E-state index in [9.17, 15) is 4.79 Å². The quantitative estimate of drug-likeness (QED) is 0.804. The summed E-state index contributed by atoms with van der Waals surface area (Å²) >= 11 is 4.84. The summed E-state index contributed by atoms with van der Waals surface area (Å²) in [6.45, 7) is 4.95. The van der Waals surface area contributed by atoms with Gasteiger partial charge in [0.1, 0.15) is 0 Å². The average molecular weight is 265 g/mol. The van der Waals surface area contributed by atoms with Gasteiger partial charge in [0.2, 0.25) is 0 Å². The Morgan fingerprint density at radius 2 is 2.00 bits per heavy atom. The average Bonchev–Trinajstić information content (AvgIpc) is 2.31. The van der Waals surface area contributed by atoms with Crippen molar-refractivity contribution in [2.45, 2.75) is 20.3 Å². The van der Waals surface area contributed by atoms with Gasteiger partial charge in [0, 0.05) is 12.2 Å². The van der Waals surface area contributed by atoms with Crippen molar-refractivity contribution < 1.29 is 4.79 Å². The molecule has 0 bridgehead atoms. The summed E-state index contributed by atoms with van der Waals surface area (Å²) in [5.74, 6) is 0. The first-order valence-electron chi connectivity index (χ1n) is 5.94. The molecule has 0 spiro atoms. The molecule has 0 saturated heterocycles. The molecule has 0 aliphatic heterocycles. The van der Waals surface area contributed by atoms with Crippen LogP contribution in [0.3, 0.4) is 0 Å². The SMILES string of the molecule is CCCN(CC(N)=S)C(=O)Nc1ccc(C)cc1. The van der Waals surface area contributed by atoms with Crippen molar-refractivity contribution in [2.24, 2.45) is 5.73 Å². The molecule has 0 aliphatic carbocycles. The summed E-state index contributed by atoms with van der Waals surface area (Å²) in [7, 11) is 0. The van der Waals surface area contributed by atoms with Crippen LogP contribution in [-0.4, -0.2) is 29.0 Å². The maximum absolute atomic E-state index is 12.0. The predicted molar refractivity (Wildman–Crippen MR) is 78.8 cm³/mol. The highest BCUT2D eigenvalue weighted by Crippen LogP contribution is 2.09. The second kappa shape index (κ2) is 6.96. The summed E-state index contributed by atoms with van der Waals surface area (Å²) in [6, 6.07) is 7.48. The minimum absolute atomic E-state index is 0.173. The van der Waals surface area contributed by atoms with E-state index in [0.29, 0.717) is 18.1 Å². The van der Waals surface area contributed by atoms with Crippen LogP contribution in [0.4, 0.5) is 10.5 Å². The lowest BCUT2D eigenvalue weighted by atomic mass is 10.2. The van der Waals surface area contributed by atoms with E-state index in [-0.39, 0.29) is 6.03 Å². The molecule has 0 saturated carbocycles. The molecule has 1 aromatic rings. The van der Waals surface area contributed by atoms with Crippen LogP contribution in [-0.2, 0) is 0 Å². The van der Waals surface area contributed by atoms with Gasteiger partial charge in [-0.3, -0.25) is 0 Å². The standard InChI is InChI=1S/C13H19N3OS/c1-3-8-16(9-12(14)18)13(17)15-11-6-4-10(2)5-7-11/h4-7H,3,8-9H2,1-2H3,(H2,14,18)(H,15,17). The first-order valence-corrected chi connectivity index (χ1v) is 6.34. The molecular formula is C13H19N3OS. The normalized spacial score (nSPS) is 9.89. The van der Waals surface area contributed by atoms with Crippen molar-refractivity contribution in [3.8, 4) is 0 Å². The summed E-state index contributed by atoms with van der Waals surface area (Å²) in [4.78, 5) is 14.0. The van der Waals surface area contributed by atoms with Crippen molar-refractivity contribution >= 4 is 28.9 Å². The van der Waals surface area contributed by atoms with Crippen LogP contribution in [0.25, 0.3) is 0 Å². The van der Waals surface area contributed by atoms with Crippen LogP contribution in [0.1, 0.15) is 18.9 Å². The number of amides is 2. The second-order valence-electron chi connectivity index (χ2n) is 4.18. The summed E-state index contributed by atoms with van der Waals surface area (Å²) in [6.07, 6.45) is 0.865. The number of hydrogen-bond donors (Lipinski definition) is 2. The molecule has 98 valence electrons. The summed E-state index contributed by atoms with van der Waals surface area (Å²) in [5, 5.41) is 2.83. The number of anilines is 1. The molecular weight excluding hydrogens is 246 g/mol. The number of aryl methyl sites for hydroxylation is 1. The zero-order valence-corrected chi connectivity index (χ0v) is 11.6. The number of benzene rings is 1. The maximum Gasteiger partial charge on any atom is 0.322 e. The number of thiocarbonyl (C=S) groups is 1. The van der Waals surface area contributed by atoms with Crippen molar-refractivity contribution in [1.29, 1.82) is 0 Å². The van der Waals surface area contributed by atoms with E-state index in [1.165, 1.54) is 0 Å². The van der Waals surface area contributed by atoms with Gasteiger partial charge >= 0.3 is 6.03 Å². The van der Waals surface area contributed by atoms with Crippen LogP contribution >= 0.6 is 12.2 Å². The van der Waals surface area contributed by atoms with Gasteiger partial charge in [-0.05, 0) is 25.5 Å². The van der Waals surface area contributed by atoms with E-state index in [4.69, 9.17) is 18.0 Å². The number of nitrogens with zero attached hydrogens (tertiary/aromatic N) is 1. The van der Waals surface area contributed by atoms with E-state index < -0.39 is 0 Å². The molecule has 0 aliphatic rings. The van der Waals surface area contributed by atoms with Gasteiger partial charge in [-0.2, -0.15) is 0 Å². The third-order valence-electron chi connectivity index (χ3n) is 2.43. The first-order chi connectivity index (χ1) is 8.52. The highest BCUT2D eigenvalue weighted by Gasteiger charge is 2.13. The molecule has 0 heterocycles. The van der Waals surface area contributed by atoms with E-state index in [0.717, 1.165) is 17.7 Å². The van der Waals surface area contributed by atoms with Gasteiger partial charge in [0.05, 0.1) is 11.5 Å². The van der Waals surface area contributed by atoms with Crippen LogP contribution in [0.2, 0.25) is 0 Å². The van der Waals surface area contributed by atoms with E-state index in [1.54, 1.807) is 4.90 Å². The van der Waals surface area contributed by atoms with Gasteiger partial charge in [-0.25, -0.2) is 4.79 Å². The first kappa shape index (κ1) is 14.4. The maximum atomic E-state index is 12.0. The number of carbonyl (C=O) groups excluding carboxylic acids is 1. The minimum Gasteiger partial charge on any atom is -0.392 e. The topological polar surface area (TPSA) is 58.4 Å². The molecule has 0 aromatic heterocycles. The Bertz CT molecular complexity index is 417. The number of hydrogen-bond acceptors (Lipinski definition) is 2. The van der Waals surface area contributed by atoms with Crippen molar-refractivity contribution in [1.82, 2.24) is 4.90 Å². The van der Waals surface area contributed by atoms with Gasteiger partial charge in [0.15, 0.2) is 0 Å². The molecule has 0 radical (unpaired) electrons. The van der Waals surface area contributed by atoms with E-state index >= 15 is 0 Å². The van der Waals surface area contributed by atoms with Gasteiger partial charge in [-0.15, -0.1) is 0 Å². The monoisotopic (exact) mass is 265 g/mol.